The summed E-state index contributed by atoms with van der Waals surface area (Å²) >= 11 is 6.33. The quantitative estimate of drug-likeness (QED) is 0.875. The number of hydrogen-bond donors (Lipinski definition) is 1. The predicted molar refractivity (Wildman–Crippen MR) is 67.4 cm³/mol. The van der Waals surface area contributed by atoms with Crippen LogP contribution in [0.25, 0.3) is 0 Å². The van der Waals surface area contributed by atoms with E-state index in [1.807, 2.05) is 6.07 Å². The highest BCUT2D eigenvalue weighted by Gasteiger charge is 2.29. The summed E-state index contributed by atoms with van der Waals surface area (Å²) in [6, 6.07) is 4.12. The lowest BCUT2D eigenvalue weighted by atomic mass is 9.98. The first-order valence-electron chi connectivity index (χ1n) is 5.74. The second-order valence-corrected chi connectivity index (χ2v) is 4.94. The second-order valence-electron chi connectivity index (χ2n) is 4.53. The Hall–Kier alpha value is -0.730. The van der Waals surface area contributed by atoms with Gasteiger partial charge in [-0.15, -0.1) is 0 Å². The molecule has 1 aliphatic carbocycles. The molecule has 0 amide bonds. The topological polar surface area (TPSA) is 35.2 Å². The average molecular weight is 240 g/mol. The summed E-state index contributed by atoms with van der Waals surface area (Å²) in [4.78, 5) is 0. The van der Waals surface area contributed by atoms with E-state index in [2.05, 4.69) is 13.0 Å². The normalized spacial score (nSPS) is 17.2. The number of methoxy groups -OCH3 is 1. The Bertz CT molecular complexity index is 388. The van der Waals surface area contributed by atoms with Crippen LogP contribution in [0.3, 0.4) is 0 Å². The molecule has 1 fully saturated rings. The standard InChI is InChI=1S/C13H18ClNO/c1-8(7-15)10-5-11(14)13(9-3-4-9)12(6-10)16-2/h5-6,8-9H,3-4,7,15H2,1-2H3. The van der Waals surface area contributed by atoms with Crippen LogP contribution in [-0.2, 0) is 0 Å². The van der Waals surface area contributed by atoms with Gasteiger partial charge in [-0.2, -0.15) is 0 Å². The van der Waals surface area contributed by atoms with E-state index in [-0.39, 0.29) is 0 Å². The Morgan fingerprint density at radius 2 is 2.19 bits per heavy atom. The van der Waals surface area contributed by atoms with E-state index >= 15 is 0 Å². The monoisotopic (exact) mass is 239 g/mol. The Labute approximate surface area is 102 Å². The van der Waals surface area contributed by atoms with Crippen LogP contribution in [0.15, 0.2) is 12.1 Å². The molecule has 0 spiro atoms. The van der Waals surface area contributed by atoms with Crippen LogP contribution in [0.4, 0.5) is 0 Å². The SMILES string of the molecule is COc1cc(C(C)CN)cc(Cl)c1C1CC1. The van der Waals surface area contributed by atoms with Crippen molar-refractivity contribution in [1.29, 1.82) is 0 Å². The summed E-state index contributed by atoms with van der Waals surface area (Å²) in [5.41, 5.74) is 8.01. The third kappa shape index (κ3) is 2.18. The molecule has 0 radical (unpaired) electrons. The van der Waals surface area contributed by atoms with Crippen LogP contribution in [0, 0.1) is 0 Å². The Morgan fingerprint density at radius 1 is 1.50 bits per heavy atom. The van der Waals surface area contributed by atoms with Gasteiger partial charge in [0.15, 0.2) is 0 Å². The molecule has 1 aromatic carbocycles. The largest absolute Gasteiger partial charge is 0.496 e. The van der Waals surface area contributed by atoms with E-state index in [9.17, 15) is 0 Å². The first-order chi connectivity index (χ1) is 7.67. The van der Waals surface area contributed by atoms with E-state index in [0.29, 0.717) is 18.4 Å². The number of nitrogens with two attached hydrogens (primary N) is 1. The van der Waals surface area contributed by atoms with Gasteiger partial charge < -0.3 is 10.5 Å². The molecule has 0 heterocycles. The molecule has 1 aromatic rings. The number of halogens is 1. The maximum Gasteiger partial charge on any atom is 0.124 e. The number of rotatable bonds is 4. The van der Waals surface area contributed by atoms with E-state index in [4.69, 9.17) is 22.1 Å². The van der Waals surface area contributed by atoms with Crippen molar-refractivity contribution in [1.82, 2.24) is 0 Å². The Kier molecular flexibility index (Phi) is 3.41. The molecule has 2 nitrogen and oxygen atoms in total. The highest BCUT2D eigenvalue weighted by molar-refractivity contribution is 6.31. The lowest BCUT2D eigenvalue weighted by Crippen LogP contribution is -2.09. The van der Waals surface area contributed by atoms with Crippen molar-refractivity contribution in [2.24, 2.45) is 5.73 Å². The molecule has 16 heavy (non-hydrogen) atoms. The molecular weight excluding hydrogens is 222 g/mol. The first kappa shape index (κ1) is 11.7. The average Bonchev–Trinajstić information content (AvgIpc) is 3.10. The van der Waals surface area contributed by atoms with Gasteiger partial charge in [-0.1, -0.05) is 18.5 Å². The third-order valence-electron chi connectivity index (χ3n) is 3.24. The van der Waals surface area contributed by atoms with Gasteiger partial charge in [-0.05, 0) is 48.9 Å². The highest BCUT2D eigenvalue weighted by atomic mass is 35.5. The van der Waals surface area contributed by atoms with Gasteiger partial charge in [0.1, 0.15) is 5.75 Å². The fourth-order valence-corrected chi connectivity index (χ4v) is 2.34. The number of hydrogen-bond acceptors (Lipinski definition) is 2. The summed E-state index contributed by atoms with van der Waals surface area (Å²) in [7, 11) is 1.70. The Balaban J connectivity index is 2.41. The molecule has 0 aliphatic heterocycles. The third-order valence-corrected chi connectivity index (χ3v) is 3.55. The molecule has 0 aromatic heterocycles. The first-order valence-corrected chi connectivity index (χ1v) is 6.12. The Morgan fingerprint density at radius 3 is 2.69 bits per heavy atom. The summed E-state index contributed by atoms with van der Waals surface area (Å²) < 4.78 is 5.44. The number of benzene rings is 1. The van der Waals surface area contributed by atoms with Crippen molar-refractivity contribution in [2.45, 2.75) is 31.6 Å². The molecule has 0 bridgehead atoms. The molecule has 2 N–H and O–H groups in total. The minimum Gasteiger partial charge on any atom is -0.496 e. The van der Waals surface area contributed by atoms with Gasteiger partial charge in [0.05, 0.1) is 7.11 Å². The van der Waals surface area contributed by atoms with E-state index in [1.165, 1.54) is 18.4 Å². The maximum atomic E-state index is 6.33. The summed E-state index contributed by atoms with van der Waals surface area (Å²) in [5.74, 6) is 1.84. The minimum absolute atomic E-state index is 0.319. The summed E-state index contributed by atoms with van der Waals surface area (Å²) in [5, 5.41) is 0.831. The van der Waals surface area contributed by atoms with Gasteiger partial charge in [-0.3, -0.25) is 0 Å². The minimum atomic E-state index is 0.319. The molecule has 3 heteroatoms. The van der Waals surface area contributed by atoms with Gasteiger partial charge in [0, 0.05) is 10.6 Å². The van der Waals surface area contributed by atoms with Crippen LogP contribution < -0.4 is 10.5 Å². The highest BCUT2D eigenvalue weighted by Crippen LogP contribution is 2.48. The van der Waals surface area contributed by atoms with Crippen molar-refractivity contribution in [3.05, 3.63) is 28.3 Å². The molecule has 0 saturated heterocycles. The molecule has 1 atom stereocenters. The van der Waals surface area contributed by atoms with Gasteiger partial charge in [0.2, 0.25) is 0 Å². The van der Waals surface area contributed by atoms with E-state index in [1.54, 1.807) is 7.11 Å². The van der Waals surface area contributed by atoms with Crippen molar-refractivity contribution in [2.75, 3.05) is 13.7 Å². The molecule has 88 valence electrons. The smallest absolute Gasteiger partial charge is 0.124 e. The van der Waals surface area contributed by atoms with Gasteiger partial charge in [-0.25, -0.2) is 0 Å². The molecular formula is C13H18ClNO. The fourth-order valence-electron chi connectivity index (χ4n) is 1.97. The molecule has 1 aliphatic rings. The van der Waals surface area contributed by atoms with Crippen LogP contribution in [-0.4, -0.2) is 13.7 Å². The lowest BCUT2D eigenvalue weighted by molar-refractivity contribution is 0.409. The van der Waals surface area contributed by atoms with Crippen LogP contribution in [0.1, 0.15) is 42.7 Å². The zero-order chi connectivity index (χ0) is 11.7. The molecule has 1 unspecified atom stereocenters. The van der Waals surface area contributed by atoms with Crippen LogP contribution in [0.2, 0.25) is 5.02 Å². The predicted octanol–water partition coefficient (Wildman–Crippen LogP) is 3.29. The van der Waals surface area contributed by atoms with E-state index in [0.717, 1.165) is 16.3 Å². The summed E-state index contributed by atoms with van der Waals surface area (Å²) in [6.07, 6.45) is 2.45. The summed E-state index contributed by atoms with van der Waals surface area (Å²) in [6.45, 7) is 2.73. The zero-order valence-corrected chi connectivity index (χ0v) is 10.6. The second kappa shape index (κ2) is 4.64. The van der Waals surface area contributed by atoms with Crippen molar-refractivity contribution in [3.8, 4) is 5.75 Å². The van der Waals surface area contributed by atoms with Gasteiger partial charge >= 0.3 is 0 Å². The van der Waals surface area contributed by atoms with E-state index < -0.39 is 0 Å². The van der Waals surface area contributed by atoms with Crippen LogP contribution in [0.5, 0.6) is 5.75 Å². The van der Waals surface area contributed by atoms with Gasteiger partial charge in [0.25, 0.3) is 0 Å². The fraction of sp³-hybridized carbons (Fsp3) is 0.538. The number of ether oxygens (including phenoxy) is 1. The van der Waals surface area contributed by atoms with Crippen molar-refractivity contribution >= 4 is 11.6 Å². The van der Waals surface area contributed by atoms with Crippen molar-refractivity contribution in [3.63, 3.8) is 0 Å². The van der Waals surface area contributed by atoms with Crippen LogP contribution >= 0.6 is 11.6 Å². The zero-order valence-electron chi connectivity index (χ0n) is 9.79. The molecule has 2 rings (SSSR count). The lowest BCUT2D eigenvalue weighted by Gasteiger charge is -2.15. The maximum absolute atomic E-state index is 6.33. The molecule has 1 saturated carbocycles. The van der Waals surface area contributed by atoms with Crippen molar-refractivity contribution < 1.29 is 4.74 Å².